The number of hydrogen-bond acceptors (Lipinski definition) is 4. The van der Waals surface area contributed by atoms with Crippen LogP contribution in [0, 0.1) is 5.82 Å². The van der Waals surface area contributed by atoms with Gasteiger partial charge in [-0.05, 0) is 19.1 Å². The summed E-state index contributed by atoms with van der Waals surface area (Å²) in [6, 6.07) is 0. The average molecular weight is 346 g/mol. The number of rotatable bonds is 2. The Bertz CT molecular complexity index is 690. The summed E-state index contributed by atoms with van der Waals surface area (Å²) >= 11 is 13.4. The zero-order chi connectivity index (χ0) is 15.0. The lowest BCUT2D eigenvalue weighted by molar-refractivity contribution is 0.436. The Kier molecular flexibility index (Phi) is 4.52. The second kappa shape index (κ2) is 6.23. The number of halogens is 3. The van der Waals surface area contributed by atoms with Crippen LogP contribution in [0.15, 0.2) is 5.16 Å². The summed E-state index contributed by atoms with van der Waals surface area (Å²) in [5.74, 6) is -0.333. The minimum absolute atomic E-state index is 0.180. The molecule has 2 heterocycles. The lowest BCUT2D eigenvalue weighted by Gasteiger charge is -2.23. The zero-order valence-corrected chi connectivity index (χ0v) is 13.8. The van der Waals surface area contributed by atoms with Gasteiger partial charge in [-0.25, -0.2) is 19.3 Å². The molecule has 0 radical (unpaired) electrons. The molecule has 0 unspecified atom stereocenters. The highest BCUT2D eigenvalue weighted by molar-refractivity contribution is 7.98. The summed E-state index contributed by atoms with van der Waals surface area (Å²) < 4.78 is 14.3. The number of fused-ring (bicyclic) bond motifs is 1. The molecule has 1 aliphatic rings. The SMILES string of the molecule is CSc1nc(C2CCCCC2)c2c(Cl)nc(Cl)c(F)c2n1. The van der Waals surface area contributed by atoms with Crippen LogP contribution in [0.5, 0.6) is 0 Å². The summed E-state index contributed by atoms with van der Waals surface area (Å²) in [5.41, 5.74) is 0.997. The third-order valence-corrected chi connectivity index (χ3v) is 4.95. The third kappa shape index (κ3) is 2.83. The highest BCUT2D eigenvalue weighted by atomic mass is 35.5. The van der Waals surface area contributed by atoms with Gasteiger partial charge in [-0.2, -0.15) is 0 Å². The molecule has 1 fully saturated rings. The Balaban J connectivity index is 2.28. The number of thioether (sulfide) groups is 1. The van der Waals surface area contributed by atoms with E-state index in [4.69, 9.17) is 23.2 Å². The van der Waals surface area contributed by atoms with Crippen LogP contribution >= 0.6 is 35.0 Å². The van der Waals surface area contributed by atoms with E-state index in [2.05, 4.69) is 15.0 Å². The fraction of sp³-hybridized carbons (Fsp3) is 0.500. The van der Waals surface area contributed by atoms with Gasteiger partial charge in [0.2, 0.25) is 0 Å². The molecule has 0 saturated heterocycles. The minimum Gasteiger partial charge on any atom is -0.227 e. The molecule has 2 aromatic rings. The van der Waals surface area contributed by atoms with E-state index < -0.39 is 5.82 Å². The predicted octanol–water partition coefficient (Wildman–Crippen LogP) is 5.24. The van der Waals surface area contributed by atoms with Crippen molar-refractivity contribution >= 4 is 45.9 Å². The van der Waals surface area contributed by atoms with E-state index in [1.165, 1.54) is 18.2 Å². The molecule has 0 aliphatic heterocycles. The minimum atomic E-state index is -0.620. The topological polar surface area (TPSA) is 38.7 Å². The Morgan fingerprint density at radius 1 is 1.05 bits per heavy atom. The second-order valence-electron chi connectivity index (χ2n) is 5.16. The van der Waals surface area contributed by atoms with E-state index >= 15 is 0 Å². The maximum Gasteiger partial charge on any atom is 0.188 e. The van der Waals surface area contributed by atoms with Crippen molar-refractivity contribution in [3.63, 3.8) is 0 Å². The summed E-state index contributed by atoms with van der Waals surface area (Å²) in [4.78, 5) is 12.7. The first kappa shape index (κ1) is 15.3. The number of pyridine rings is 1. The third-order valence-electron chi connectivity index (χ3n) is 3.88. The van der Waals surface area contributed by atoms with Gasteiger partial charge in [-0.3, -0.25) is 0 Å². The highest BCUT2D eigenvalue weighted by Gasteiger charge is 2.25. The van der Waals surface area contributed by atoms with Gasteiger partial charge in [-0.15, -0.1) is 0 Å². The monoisotopic (exact) mass is 345 g/mol. The Morgan fingerprint density at radius 2 is 1.76 bits per heavy atom. The molecule has 1 saturated carbocycles. The Labute approximate surface area is 136 Å². The smallest absolute Gasteiger partial charge is 0.188 e. The van der Waals surface area contributed by atoms with E-state index in [0.29, 0.717) is 10.5 Å². The van der Waals surface area contributed by atoms with Gasteiger partial charge >= 0.3 is 0 Å². The molecule has 0 aromatic carbocycles. The van der Waals surface area contributed by atoms with Gasteiger partial charge in [-0.1, -0.05) is 54.2 Å². The molecule has 0 spiro atoms. The lowest BCUT2D eigenvalue weighted by atomic mass is 9.85. The van der Waals surface area contributed by atoms with Crippen LogP contribution in [0.3, 0.4) is 0 Å². The second-order valence-corrected chi connectivity index (χ2v) is 6.65. The van der Waals surface area contributed by atoms with Crippen molar-refractivity contribution in [2.24, 2.45) is 0 Å². The van der Waals surface area contributed by atoms with Gasteiger partial charge in [0.05, 0.1) is 11.1 Å². The molecule has 3 rings (SSSR count). The van der Waals surface area contributed by atoms with Crippen molar-refractivity contribution in [2.45, 2.75) is 43.2 Å². The van der Waals surface area contributed by atoms with Crippen molar-refractivity contribution in [2.75, 3.05) is 6.26 Å². The Morgan fingerprint density at radius 3 is 2.43 bits per heavy atom. The van der Waals surface area contributed by atoms with Crippen LogP contribution < -0.4 is 0 Å². The van der Waals surface area contributed by atoms with Crippen LogP contribution in [0.25, 0.3) is 10.9 Å². The summed E-state index contributed by atoms with van der Waals surface area (Å²) in [5, 5.41) is 1.00. The zero-order valence-electron chi connectivity index (χ0n) is 11.5. The van der Waals surface area contributed by atoms with Crippen LogP contribution in [-0.4, -0.2) is 21.2 Å². The number of hydrogen-bond donors (Lipinski definition) is 0. The molecule has 3 nitrogen and oxygen atoms in total. The molecule has 2 aromatic heterocycles. The molecular formula is C14H14Cl2FN3S. The largest absolute Gasteiger partial charge is 0.227 e. The molecule has 112 valence electrons. The molecular weight excluding hydrogens is 332 g/mol. The number of aromatic nitrogens is 3. The quantitative estimate of drug-likeness (QED) is 0.423. The molecule has 0 bridgehead atoms. The van der Waals surface area contributed by atoms with E-state index in [0.717, 1.165) is 31.4 Å². The van der Waals surface area contributed by atoms with Gasteiger partial charge in [0.1, 0.15) is 10.7 Å². The highest BCUT2D eigenvalue weighted by Crippen LogP contribution is 2.39. The standard InChI is InChI=1S/C14H14Cl2FN3S/c1-21-14-18-10(7-5-3-2-4-6-7)8-11(19-14)9(17)13(16)20-12(8)15/h7H,2-6H2,1H3. The van der Waals surface area contributed by atoms with Gasteiger partial charge in [0.25, 0.3) is 0 Å². The maximum atomic E-state index is 14.3. The van der Waals surface area contributed by atoms with Gasteiger partial charge in [0, 0.05) is 5.92 Å². The van der Waals surface area contributed by atoms with Crippen molar-refractivity contribution in [3.8, 4) is 0 Å². The number of nitrogens with zero attached hydrogens (tertiary/aromatic N) is 3. The van der Waals surface area contributed by atoms with E-state index in [1.54, 1.807) is 0 Å². The fourth-order valence-electron chi connectivity index (χ4n) is 2.87. The van der Waals surface area contributed by atoms with Gasteiger partial charge in [0.15, 0.2) is 16.1 Å². The molecule has 0 N–H and O–H groups in total. The van der Waals surface area contributed by atoms with E-state index in [-0.39, 0.29) is 21.7 Å². The van der Waals surface area contributed by atoms with Crippen LogP contribution in [0.4, 0.5) is 4.39 Å². The summed E-state index contributed by atoms with van der Waals surface area (Å²) in [6.45, 7) is 0. The predicted molar refractivity (Wildman–Crippen MR) is 84.9 cm³/mol. The van der Waals surface area contributed by atoms with Crippen molar-refractivity contribution < 1.29 is 4.39 Å². The van der Waals surface area contributed by atoms with Crippen molar-refractivity contribution in [1.29, 1.82) is 0 Å². The maximum absolute atomic E-state index is 14.3. The molecule has 0 amide bonds. The summed E-state index contributed by atoms with van der Waals surface area (Å²) in [6.07, 6.45) is 7.51. The van der Waals surface area contributed by atoms with E-state index in [9.17, 15) is 4.39 Å². The normalized spacial score (nSPS) is 16.6. The molecule has 0 atom stereocenters. The van der Waals surface area contributed by atoms with Gasteiger partial charge < -0.3 is 0 Å². The Hall–Kier alpha value is -0.650. The van der Waals surface area contributed by atoms with Crippen LogP contribution in [0.2, 0.25) is 10.3 Å². The van der Waals surface area contributed by atoms with Crippen LogP contribution in [-0.2, 0) is 0 Å². The first-order valence-corrected chi connectivity index (χ1v) is 8.86. The molecule has 1 aliphatic carbocycles. The first-order chi connectivity index (χ1) is 10.1. The molecule has 7 heteroatoms. The summed E-state index contributed by atoms with van der Waals surface area (Å²) in [7, 11) is 0. The fourth-order valence-corrected chi connectivity index (χ4v) is 3.73. The molecule has 21 heavy (non-hydrogen) atoms. The van der Waals surface area contributed by atoms with Crippen molar-refractivity contribution in [3.05, 3.63) is 21.8 Å². The van der Waals surface area contributed by atoms with E-state index in [1.807, 2.05) is 6.26 Å². The van der Waals surface area contributed by atoms with Crippen molar-refractivity contribution in [1.82, 2.24) is 15.0 Å². The van der Waals surface area contributed by atoms with Crippen LogP contribution in [0.1, 0.15) is 43.7 Å². The first-order valence-electron chi connectivity index (χ1n) is 6.88. The lowest BCUT2D eigenvalue weighted by Crippen LogP contribution is -2.10. The average Bonchev–Trinajstić information content (AvgIpc) is 2.52.